The van der Waals surface area contributed by atoms with Crippen LogP contribution in [0.2, 0.25) is 0 Å². The Hall–Kier alpha value is -1.66. The summed E-state index contributed by atoms with van der Waals surface area (Å²) in [5.41, 5.74) is 0.852. The number of H-pyrrole nitrogens is 1. The van der Waals surface area contributed by atoms with Gasteiger partial charge in [0.2, 0.25) is 5.43 Å². The standard InChI is InChI=1S/C16H19N3O2S/c20-14-12(8-17-13-3-6-22-15(13)14)16(21)18-11-7-10-1-4-19(9-11)5-2-10/h3,6,8,10-11H,1-2,4-5,7,9H2,(H,17,20)(H,18,21). The molecule has 116 valence electrons. The fourth-order valence-corrected chi connectivity index (χ4v) is 4.48. The average molecular weight is 317 g/mol. The number of pyridine rings is 1. The van der Waals surface area contributed by atoms with Gasteiger partial charge in [-0.3, -0.25) is 9.59 Å². The van der Waals surface area contributed by atoms with E-state index < -0.39 is 0 Å². The molecule has 0 aliphatic carbocycles. The summed E-state index contributed by atoms with van der Waals surface area (Å²) in [5, 5.41) is 4.94. The number of amides is 1. The Kier molecular flexibility index (Phi) is 3.50. The van der Waals surface area contributed by atoms with Crippen molar-refractivity contribution in [1.29, 1.82) is 0 Å². The fourth-order valence-electron chi connectivity index (χ4n) is 3.67. The third kappa shape index (κ3) is 2.46. The molecular formula is C16H19N3O2S. The van der Waals surface area contributed by atoms with Crippen LogP contribution in [-0.2, 0) is 0 Å². The molecule has 22 heavy (non-hydrogen) atoms. The third-order valence-electron chi connectivity index (χ3n) is 4.87. The van der Waals surface area contributed by atoms with Crippen LogP contribution in [0, 0.1) is 5.92 Å². The zero-order chi connectivity index (χ0) is 15.1. The van der Waals surface area contributed by atoms with Crippen LogP contribution in [0.25, 0.3) is 10.2 Å². The van der Waals surface area contributed by atoms with Gasteiger partial charge in [-0.1, -0.05) is 0 Å². The molecule has 2 N–H and O–H groups in total. The van der Waals surface area contributed by atoms with E-state index in [1.54, 1.807) is 0 Å². The Morgan fingerprint density at radius 3 is 3.00 bits per heavy atom. The highest BCUT2D eigenvalue weighted by molar-refractivity contribution is 7.17. The third-order valence-corrected chi connectivity index (χ3v) is 5.78. The van der Waals surface area contributed by atoms with E-state index in [4.69, 9.17) is 0 Å². The molecule has 1 unspecified atom stereocenters. The topological polar surface area (TPSA) is 65.2 Å². The predicted molar refractivity (Wildman–Crippen MR) is 87.5 cm³/mol. The van der Waals surface area contributed by atoms with E-state index in [1.165, 1.54) is 30.4 Å². The van der Waals surface area contributed by atoms with Crippen molar-refractivity contribution in [2.24, 2.45) is 5.92 Å². The second-order valence-corrected chi connectivity index (χ2v) is 7.26. The zero-order valence-corrected chi connectivity index (χ0v) is 13.1. The van der Waals surface area contributed by atoms with Gasteiger partial charge < -0.3 is 15.2 Å². The first-order valence-corrected chi connectivity index (χ1v) is 8.71. The molecule has 5 rings (SSSR count). The highest BCUT2D eigenvalue weighted by Gasteiger charge is 2.30. The second-order valence-electron chi connectivity index (χ2n) is 6.34. The summed E-state index contributed by atoms with van der Waals surface area (Å²) in [6, 6.07) is 2.01. The lowest BCUT2D eigenvalue weighted by atomic mass is 9.94. The van der Waals surface area contributed by atoms with Crippen LogP contribution in [0.3, 0.4) is 0 Å². The van der Waals surface area contributed by atoms with E-state index in [9.17, 15) is 9.59 Å². The van der Waals surface area contributed by atoms with Gasteiger partial charge in [0.25, 0.3) is 5.91 Å². The normalized spacial score (nSPS) is 27.7. The summed E-state index contributed by atoms with van der Waals surface area (Å²) < 4.78 is 0.623. The number of carbonyl (C=O) groups is 1. The molecule has 3 saturated heterocycles. The fraction of sp³-hybridized carbons (Fsp3) is 0.500. The minimum Gasteiger partial charge on any atom is -0.359 e. The SMILES string of the molecule is O=C(NC1CC2CCN(CC2)C1)c1c[nH]c2ccsc2c1=O. The first-order chi connectivity index (χ1) is 10.7. The number of nitrogens with one attached hydrogen (secondary N) is 2. The van der Waals surface area contributed by atoms with Crippen LogP contribution in [0.4, 0.5) is 0 Å². The Morgan fingerprint density at radius 1 is 1.36 bits per heavy atom. The molecule has 3 fully saturated rings. The quantitative estimate of drug-likeness (QED) is 0.888. The summed E-state index contributed by atoms with van der Waals surface area (Å²) in [7, 11) is 0. The van der Waals surface area contributed by atoms with Crippen LogP contribution in [0.5, 0.6) is 0 Å². The molecule has 5 nitrogen and oxygen atoms in total. The molecule has 0 aromatic carbocycles. The molecule has 0 radical (unpaired) electrons. The van der Waals surface area contributed by atoms with Crippen molar-refractivity contribution in [3.63, 3.8) is 0 Å². The Labute approximate surface area is 132 Å². The van der Waals surface area contributed by atoms with Crippen molar-refractivity contribution >= 4 is 27.5 Å². The number of hydrogen-bond acceptors (Lipinski definition) is 4. The van der Waals surface area contributed by atoms with E-state index in [1.807, 2.05) is 11.4 Å². The summed E-state index contributed by atoms with van der Waals surface area (Å²) in [5.74, 6) is 0.464. The number of aromatic amines is 1. The first-order valence-electron chi connectivity index (χ1n) is 7.83. The molecule has 6 heteroatoms. The molecule has 0 saturated carbocycles. The van der Waals surface area contributed by atoms with Crippen molar-refractivity contribution in [3.8, 4) is 0 Å². The maximum atomic E-state index is 12.5. The van der Waals surface area contributed by atoms with Crippen molar-refractivity contribution < 1.29 is 4.79 Å². The molecule has 2 bridgehead atoms. The van der Waals surface area contributed by atoms with Gasteiger partial charge in [-0.2, -0.15) is 0 Å². The number of hydrogen-bond donors (Lipinski definition) is 2. The number of piperidine rings is 1. The van der Waals surface area contributed by atoms with Gasteiger partial charge >= 0.3 is 0 Å². The van der Waals surface area contributed by atoms with Crippen LogP contribution in [0.1, 0.15) is 29.6 Å². The van der Waals surface area contributed by atoms with E-state index in [2.05, 4.69) is 15.2 Å². The molecule has 1 atom stereocenters. The van der Waals surface area contributed by atoms with Gasteiger partial charge in [0.1, 0.15) is 5.56 Å². The number of rotatable bonds is 2. The monoisotopic (exact) mass is 317 g/mol. The van der Waals surface area contributed by atoms with Crippen LogP contribution in [-0.4, -0.2) is 41.5 Å². The van der Waals surface area contributed by atoms with Crippen molar-refractivity contribution in [3.05, 3.63) is 33.4 Å². The first kappa shape index (κ1) is 14.0. The number of nitrogens with zero attached hydrogens (tertiary/aromatic N) is 1. The second kappa shape index (κ2) is 5.52. The van der Waals surface area contributed by atoms with E-state index in [0.717, 1.165) is 31.6 Å². The largest absolute Gasteiger partial charge is 0.359 e. The van der Waals surface area contributed by atoms with Crippen molar-refractivity contribution in [1.82, 2.24) is 15.2 Å². The lowest BCUT2D eigenvalue weighted by molar-refractivity contribution is 0.0927. The van der Waals surface area contributed by atoms with Gasteiger partial charge in [0, 0.05) is 18.8 Å². The van der Waals surface area contributed by atoms with E-state index in [-0.39, 0.29) is 22.9 Å². The number of carbonyl (C=O) groups excluding carboxylic acids is 1. The molecule has 5 heterocycles. The Bertz CT molecular complexity index is 744. The number of thiophene rings is 1. The van der Waals surface area contributed by atoms with Crippen LogP contribution in [0.15, 0.2) is 22.4 Å². The summed E-state index contributed by atoms with van der Waals surface area (Å²) >= 11 is 1.37. The molecule has 2 aromatic heterocycles. The van der Waals surface area contributed by atoms with Gasteiger partial charge in [0.15, 0.2) is 0 Å². The van der Waals surface area contributed by atoms with Crippen molar-refractivity contribution in [2.75, 3.05) is 19.6 Å². The Balaban J connectivity index is 1.56. The zero-order valence-electron chi connectivity index (χ0n) is 12.3. The molecule has 3 aliphatic rings. The van der Waals surface area contributed by atoms with Gasteiger partial charge in [0.05, 0.1) is 10.2 Å². The van der Waals surface area contributed by atoms with Gasteiger partial charge in [-0.15, -0.1) is 11.3 Å². The van der Waals surface area contributed by atoms with E-state index >= 15 is 0 Å². The van der Waals surface area contributed by atoms with E-state index in [0.29, 0.717) is 10.6 Å². The summed E-state index contributed by atoms with van der Waals surface area (Å²) in [6.45, 7) is 3.18. The van der Waals surface area contributed by atoms with Crippen LogP contribution >= 0.6 is 11.3 Å². The predicted octanol–water partition coefficient (Wildman–Crippen LogP) is 1.80. The maximum Gasteiger partial charge on any atom is 0.257 e. The highest BCUT2D eigenvalue weighted by atomic mass is 32.1. The Morgan fingerprint density at radius 2 is 2.18 bits per heavy atom. The number of aromatic nitrogens is 1. The average Bonchev–Trinajstić information content (AvgIpc) is 2.82. The molecule has 1 amide bonds. The lowest BCUT2D eigenvalue weighted by Gasteiger charge is -2.26. The molecule has 2 aromatic rings. The maximum absolute atomic E-state index is 12.5. The minimum absolute atomic E-state index is 0.154. The highest BCUT2D eigenvalue weighted by Crippen LogP contribution is 2.26. The smallest absolute Gasteiger partial charge is 0.257 e. The number of fused-ring (bicyclic) bond motifs is 5. The summed E-state index contributed by atoms with van der Waals surface area (Å²) in [4.78, 5) is 30.4. The minimum atomic E-state index is -0.246. The lowest BCUT2D eigenvalue weighted by Crippen LogP contribution is -2.43. The molecule has 0 spiro atoms. The van der Waals surface area contributed by atoms with Crippen molar-refractivity contribution in [2.45, 2.75) is 25.3 Å². The molecule has 3 aliphatic heterocycles. The van der Waals surface area contributed by atoms with Crippen LogP contribution < -0.4 is 10.7 Å². The molecular weight excluding hydrogens is 298 g/mol. The summed E-state index contributed by atoms with van der Waals surface area (Å²) in [6.07, 6.45) is 5.03. The van der Waals surface area contributed by atoms with Gasteiger partial charge in [-0.25, -0.2) is 0 Å². The van der Waals surface area contributed by atoms with Gasteiger partial charge in [-0.05, 0) is 49.7 Å².